The van der Waals surface area contributed by atoms with E-state index in [0.29, 0.717) is 5.88 Å². The number of rotatable bonds is 3. The number of benzene rings is 1. The van der Waals surface area contributed by atoms with Crippen molar-refractivity contribution in [3.63, 3.8) is 0 Å². The van der Waals surface area contributed by atoms with Crippen LogP contribution in [-0.2, 0) is 0 Å². The van der Waals surface area contributed by atoms with Crippen LogP contribution in [0.25, 0.3) is 0 Å². The summed E-state index contributed by atoms with van der Waals surface area (Å²) in [5.41, 5.74) is 0. The number of pyridine rings is 1. The van der Waals surface area contributed by atoms with Crippen molar-refractivity contribution in [2.24, 2.45) is 0 Å². The van der Waals surface area contributed by atoms with Crippen molar-refractivity contribution >= 4 is 11.8 Å². The van der Waals surface area contributed by atoms with Crippen molar-refractivity contribution in [1.82, 2.24) is 4.98 Å². The van der Waals surface area contributed by atoms with Gasteiger partial charge in [0.05, 0.1) is 0 Å². The highest BCUT2D eigenvalue weighted by molar-refractivity contribution is 7.98. The van der Waals surface area contributed by atoms with E-state index < -0.39 is 0 Å². The highest BCUT2D eigenvalue weighted by atomic mass is 32.2. The Balaban J connectivity index is 2.11. The van der Waals surface area contributed by atoms with E-state index in [2.05, 4.69) is 4.98 Å². The van der Waals surface area contributed by atoms with Crippen molar-refractivity contribution in [3.05, 3.63) is 48.7 Å². The van der Waals surface area contributed by atoms with Gasteiger partial charge >= 0.3 is 0 Å². The molecule has 0 N–H and O–H groups in total. The average molecular weight is 217 g/mol. The smallest absolute Gasteiger partial charge is 0.219 e. The van der Waals surface area contributed by atoms with E-state index in [1.807, 2.05) is 54.9 Å². The molecule has 0 fully saturated rings. The number of aromatic nitrogens is 1. The molecule has 0 saturated carbocycles. The third-order valence-corrected chi connectivity index (χ3v) is 2.62. The van der Waals surface area contributed by atoms with E-state index in [1.165, 1.54) is 0 Å². The number of ether oxygens (including phenoxy) is 1. The minimum atomic E-state index is 0.624. The Morgan fingerprint density at radius 3 is 2.47 bits per heavy atom. The second kappa shape index (κ2) is 4.84. The summed E-state index contributed by atoms with van der Waals surface area (Å²) < 4.78 is 5.56. The zero-order valence-corrected chi connectivity index (χ0v) is 9.20. The first-order chi connectivity index (χ1) is 7.38. The summed E-state index contributed by atoms with van der Waals surface area (Å²) >= 11 is 1.67. The maximum Gasteiger partial charge on any atom is 0.219 e. The molecule has 76 valence electrons. The Morgan fingerprint density at radius 2 is 1.87 bits per heavy atom. The summed E-state index contributed by atoms with van der Waals surface area (Å²) in [6, 6.07) is 13.5. The summed E-state index contributed by atoms with van der Waals surface area (Å²) in [5, 5.41) is 0. The fourth-order valence-electron chi connectivity index (χ4n) is 1.16. The lowest BCUT2D eigenvalue weighted by Crippen LogP contribution is -1.86. The van der Waals surface area contributed by atoms with Crippen LogP contribution >= 0.6 is 11.8 Å². The number of thioether (sulfide) groups is 1. The number of hydrogen-bond donors (Lipinski definition) is 0. The lowest BCUT2D eigenvalue weighted by atomic mass is 10.3. The zero-order chi connectivity index (χ0) is 10.5. The van der Waals surface area contributed by atoms with Gasteiger partial charge in [0.1, 0.15) is 5.75 Å². The fourth-order valence-corrected chi connectivity index (χ4v) is 1.52. The number of hydrogen-bond acceptors (Lipinski definition) is 3. The molecule has 15 heavy (non-hydrogen) atoms. The zero-order valence-electron chi connectivity index (χ0n) is 8.38. The molecule has 0 spiro atoms. The molecule has 3 heteroatoms. The van der Waals surface area contributed by atoms with Crippen LogP contribution in [0.2, 0.25) is 0 Å². The molecule has 0 radical (unpaired) electrons. The van der Waals surface area contributed by atoms with E-state index in [4.69, 9.17) is 4.74 Å². The largest absolute Gasteiger partial charge is 0.439 e. The number of para-hydroxylation sites is 1. The molecule has 0 aliphatic heterocycles. The lowest BCUT2D eigenvalue weighted by Gasteiger charge is -2.04. The summed E-state index contributed by atoms with van der Waals surface area (Å²) in [6.45, 7) is 0. The van der Waals surface area contributed by atoms with Gasteiger partial charge in [-0.25, -0.2) is 4.98 Å². The molecule has 0 atom stereocenters. The van der Waals surface area contributed by atoms with E-state index in [9.17, 15) is 0 Å². The topological polar surface area (TPSA) is 22.1 Å². The van der Waals surface area contributed by atoms with E-state index in [1.54, 1.807) is 11.8 Å². The van der Waals surface area contributed by atoms with Crippen molar-refractivity contribution in [1.29, 1.82) is 0 Å². The van der Waals surface area contributed by atoms with Crippen molar-refractivity contribution < 1.29 is 4.74 Å². The second-order valence-electron chi connectivity index (χ2n) is 2.95. The predicted octanol–water partition coefficient (Wildman–Crippen LogP) is 3.60. The summed E-state index contributed by atoms with van der Waals surface area (Å²) in [7, 11) is 0. The van der Waals surface area contributed by atoms with Crippen LogP contribution in [0.3, 0.4) is 0 Å². The minimum absolute atomic E-state index is 0.624. The van der Waals surface area contributed by atoms with Gasteiger partial charge in [0.15, 0.2) is 0 Å². The molecule has 1 aromatic carbocycles. The van der Waals surface area contributed by atoms with Crippen LogP contribution in [-0.4, -0.2) is 11.2 Å². The molecular formula is C12H11NOS. The van der Waals surface area contributed by atoms with Crippen molar-refractivity contribution in [2.75, 3.05) is 6.26 Å². The highest BCUT2D eigenvalue weighted by Crippen LogP contribution is 2.20. The molecule has 2 nitrogen and oxygen atoms in total. The van der Waals surface area contributed by atoms with E-state index in [-0.39, 0.29) is 0 Å². The van der Waals surface area contributed by atoms with Gasteiger partial charge in [-0.2, -0.15) is 0 Å². The molecule has 0 bridgehead atoms. The van der Waals surface area contributed by atoms with Crippen LogP contribution < -0.4 is 4.74 Å². The van der Waals surface area contributed by atoms with E-state index in [0.717, 1.165) is 10.6 Å². The SMILES string of the molecule is CSc1ccc(Oc2ccccc2)nc1. The van der Waals surface area contributed by atoms with Crippen molar-refractivity contribution in [3.8, 4) is 11.6 Å². The van der Waals surface area contributed by atoms with Gasteiger partial charge in [0.2, 0.25) is 5.88 Å². The normalized spacial score (nSPS) is 9.93. The van der Waals surface area contributed by atoms with Crippen LogP contribution in [0, 0.1) is 0 Å². The Kier molecular flexibility index (Phi) is 3.25. The summed E-state index contributed by atoms with van der Waals surface area (Å²) in [4.78, 5) is 5.34. The van der Waals surface area contributed by atoms with Gasteiger partial charge < -0.3 is 4.74 Å². The van der Waals surface area contributed by atoms with Crippen molar-refractivity contribution in [2.45, 2.75) is 4.90 Å². The van der Waals surface area contributed by atoms with Crippen LogP contribution in [0.1, 0.15) is 0 Å². The average Bonchev–Trinajstić information content (AvgIpc) is 2.31. The highest BCUT2D eigenvalue weighted by Gasteiger charge is 1.97. The molecular weight excluding hydrogens is 206 g/mol. The Bertz CT molecular complexity index is 413. The molecule has 0 unspecified atom stereocenters. The third kappa shape index (κ3) is 2.73. The summed E-state index contributed by atoms with van der Waals surface area (Å²) in [6.07, 6.45) is 3.83. The first-order valence-electron chi connectivity index (χ1n) is 4.61. The maximum absolute atomic E-state index is 5.56. The maximum atomic E-state index is 5.56. The van der Waals surface area contributed by atoms with Gasteiger partial charge in [-0.1, -0.05) is 18.2 Å². The molecule has 0 amide bonds. The Labute approximate surface area is 93.3 Å². The fraction of sp³-hybridized carbons (Fsp3) is 0.0833. The first kappa shape index (κ1) is 10.1. The lowest BCUT2D eigenvalue weighted by molar-refractivity contribution is 0.462. The van der Waals surface area contributed by atoms with Gasteiger partial charge in [-0.3, -0.25) is 0 Å². The molecule has 1 aromatic heterocycles. The van der Waals surface area contributed by atoms with Gasteiger partial charge in [-0.15, -0.1) is 11.8 Å². The third-order valence-electron chi connectivity index (χ3n) is 1.91. The first-order valence-corrected chi connectivity index (χ1v) is 5.84. The predicted molar refractivity (Wildman–Crippen MR) is 62.5 cm³/mol. The van der Waals surface area contributed by atoms with Gasteiger partial charge in [-0.05, 0) is 24.5 Å². The quantitative estimate of drug-likeness (QED) is 0.733. The van der Waals surface area contributed by atoms with Crippen LogP contribution in [0.5, 0.6) is 11.6 Å². The number of nitrogens with zero attached hydrogens (tertiary/aromatic N) is 1. The van der Waals surface area contributed by atoms with E-state index >= 15 is 0 Å². The standard InChI is InChI=1S/C12H11NOS/c1-15-11-7-8-12(13-9-11)14-10-5-3-2-4-6-10/h2-9H,1H3. The molecule has 1 heterocycles. The Hall–Kier alpha value is -1.48. The minimum Gasteiger partial charge on any atom is -0.439 e. The molecule has 0 aliphatic rings. The van der Waals surface area contributed by atoms with Crippen LogP contribution in [0.4, 0.5) is 0 Å². The monoisotopic (exact) mass is 217 g/mol. The summed E-state index contributed by atoms with van der Waals surface area (Å²) in [5.74, 6) is 1.43. The van der Waals surface area contributed by atoms with Gasteiger partial charge in [0, 0.05) is 17.2 Å². The van der Waals surface area contributed by atoms with Gasteiger partial charge in [0.25, 0.3) is 0 Å². The molecule has 0 aliphatic carbocycles. The van der Waals surface area contributed by atoms with Crippen LogP contribution in [0.15, 0.2) is 53.6 Å². The molecule has 2 aromatic rings. The second-order valence-corrected chi connectivity index (χ2v) is 3.83. The Morgan fingerprint density at radius 1 is 1.07 bits per heavy atom. The molecule has 2 rings (SSSR count). The molecule has 0 saturated heterocycles.